The van der Waals surface area contributed by atoms with Gasteiger partial charge in [0.25, 0.3) is 0 Å². The molecule has 0 aromatic heterocycles. The molecule has 5 nitrogen and oxygen atoms in total. The third-order valence-corrected chi connectivity index (χ3v) is 2.64. The first-order valence-electron chi connectivity index (χ1n) is 5.35. The van der Waals surface area contributed by atoms with E-state index in [4.69, 9.17) is 5.11 Å². The van der Waals surface area contributed by atoms with E-state index in [1.807, 2.05) is 0 Å². The summed E-state index contributed by atoms with van der Waals surface area (Å²) in [6.45, 7) is 3.27. The van der Waals surface area contributed by atoms with Crippen LogP contribution in [-0.2, 0) is 9.59 Å². The highest BCUT2D eigenvalue weighted by molar-refractivity contribution is 5.79. The molecule has 15 heavy (non-hydrogen) atoms. The van der Waals surface area contributed by atoms with Gasteiger partial charge in [-0.25, -0.2) is 0 Å². The Morgan fingerprint density at radius 1 is 1.33 bits per heavy atom. The average Bonchev–Trinajstić information content (AvgIpc) is 2.26. The molecule has 0 saturated carbocycles. The number of carbonyl (C=O) groups is 2. The van der Waals surface area contributed by atoms with Gasteiger partial charge in [-0.2, -0.15) is 0 Å². The lowest BCUT2D eigenvalue weighted by Gasteiger charge is -2.27. The van der Waals surface area contributed by atoms with Crippen LogP contribution in [-0.4, -0.2) is 47.6 Å². The van der Waals surface area contributed by atoms with Gasteiger partial charge in [0.2, 0.25) is 5.91 Å². The number of carboxylic acids is 1. The van der Waals surface area contributed by atoms with Crippen molar-refractivity contribution in [2.24, 2.45) is 0 Å². The molecule has 1 aliphatic rings. The average molecular weight is 214 g/mol. The predicted octanol–water partition coefficient (Wildman–Crippen LogP) is 0.0616. The molecule has 0 aromatic rings. The van der Waals surface area contributed by atoms with Gasteiger partial charge in [-0.3, -0.25) is 14.9 Å². The molecule has 86 valence electrons. The van der Waals surface area contributed by atoms with Crippen LogP contribution in [0, 0.1) is 0 Å². The highest BCUT2D eigenvalue weighted by Gasteiger charge is 2.18. The molecule has 2 N–H and O–H groups in total. The fraction of sp³-hybridized carbons (Fsp3) is 0.800. The summed E-state index contributed by atoms with van der Waals surface area (Å²) >= 11 is 0. The Kier molecular flexibility index (Phi) is 4.55. The quantitative estimate of drug-likeness (QED) is 0.694. The molecular formula is C10H18N2O3. The van der Waals surface area contributed by atoms with Crippen molar-refractivity contribution < 1.29 is 14.7 Å². The smallest absolute Gasteiger partial charge is 0.320 e. The second-order valence-corrected chi connectivity index (χ2v) is 3.88. The Morgan fingerprint density at radius 3 is 2.47 bits per heavy atom. The standard InChI is InChI=1S/C10H18N2O3/c1-8(10(14)15)11-7-9(13)12-5-3-2-4-6-12/h8,11H,2-7H2,1H3,(H,14,15)/t8-/m0/s1. The van der Waals surface area contributed by atoms with Crippen molar-refractivity contribution in [2.75, 3.05) is 19.6 Å². The summed E-state index contributed by atoms with van der Waals surface area (Å²) in [4.78, 5) is 23.9. The summed E-state index contributed by atoms with van der Waals surface area (Å²) in [6.07, 6.45) is 3.29. The highest BCUT2D eigenvalue weighted by atomic mass is 16.4. The second-order valence-electron chi connectivity index (χ2n) is 3.88. The summed E-state index contributed by atoms with van der Waals surface area (Å²) in [5.74, 6) is -0.927. The van der Waals surface area contributed by atoms with E-state index in [1.54, 1.807) is 4.90 Å². The molecule has 1 atom stereocenters. The number of likely N-dealkylation sites (tertiary alicyclic amines) is 1. The largest absolute Gasteiger partial charge is 0.480 e. The molecule has 0 unspecified atom stereocenters. The van der Waals surface area contributed by atoms with Gasteiger partial charge in [-0.1, -0.05) is 0 Å². The zero-order valence-electron chi connectivity index (χ0n) is 9.03. The van der Waals surface area contributed by atoms with Crippen molar-refractivity contribution in [3.05, 3.63) is 0 Å². The molecule has 0 aromatic carbocycles. The maximum atomic E-state index is 11.6. The summed E-state index contributed by atoms with van der Waals surface area (Å²) < 4.78 is 0. The van der Waals surface area contributed by atoms with E-state index < -0.39 is 12.0 Å². The zero-order valence-corrected chi connectivity index (χ0v) is 9.03. The minimum absolute atomic E-state index is 0.00259. The maximum Gasteiger partial charge on any atom is 0.320 e. The Hall–Kier alpha value is -1.10. The number of amides is 1. The van der Waals surface area contributed by atoms with Gasteiger partial charge in [0.1, 0.15) is 6.04 Å². The van der Waals surface area contributed by atoms with Crippen LogP contribution in [0.25, 0.3) is 0 Å². The Bertz CT molecular complexity index is 237. The number of nitrogens with one attached hydrogen (secondary N) is 1. The van der Waals surface area contributed by atoms with Crippen LogP contribution in [0.15, 0.2) is 0 Å². The molecule has 1 fully saturated rings. The van der Waals surface area contributed by atoms with E-state index in [0.29, 0.717) is 0 Å². The molecule has 1 heterocycles. The van der Waals surface area contributed by atoms with Crippen LogP contribution >= 0.6 is 0 Å². The Balaban J connectivity index is 2.25. The van der Waals surface area contributed by atoms with Crippen molar-refractivity contribution in [3.63, 3.8) is 0 Å². The summed E-state index contributed by atoms with van der Waals surface area (Å²) in [5.41, 5.74) is 0. The number of piperidine rings is 1. The molecule has 0 bridgehead atoms. The molecule has 1 saturated heterocycles. The van der Waals surface area contributed by atoms with Crippen molar-refractivity contribution in [3.8, 4) is 0 Å². The Labute approximate surface area is 89.4 Å². The predicted molar refractivity (Wildman–Crippen MR) is 55.5 cm³/mol. The van der Waals surface area contributed by atoms with Gasteiger partial charge in [0.05, 0.1) is 6.54 Å². The van der Waals surface area contributed by atoms with Crippen LogP contribution in [0.1, 0.15) is 26.2 Å². The Morgan fingerprint density at radius 2 is 1.93 bits per heavy atom. The van der Waals surface area contributed by atoms with Gasteiger partial charge in [-0.05, 0) is 26.2 Å². The summed E-state index contributed by atoms with van der Waals surface area (Å²) in [7, 11) is 0. The van der Waals surface area contributed by atoms with Gasteiger partial charge in [0, 0.05) is 13.1 Å². The molecule has 0 spiro atoms. The topological polar surface area (TPSA) is 69.6 Å². The molecule has 1 aliphatic heterocycles. The minimum Gasteiger partial charge on any atom is -0.480 e. The van der Waals surface area contributed by atoms with Crippen molar-refractivity contribution in [1.82, 2.24) is 10.2 Å². The minimum atomic E-state index is -0.929. The van der Waals surface area contributed by atoms with Crippen LogP contribution in [0.2, 0.25) is 0 Å². The van der Waals surface area contributed by atoms with Gasteiger partial charge >= 0.3 is 5.97 Å². The van der Waals surface area contributed by atoms with E-state index in [2.05, 4.69) is 5.32 Å². The zero-order chi connectivity index (χ0) is 11.3. The van der Waals surface area contributed by atoms with Crippen molar-refractivity contribution >= 4 is 11.9 Å². The number of rotatable bonds is 4. The van der Waals surface area contributed by atoms with E-state index in [1.165, 1.54) is 13.3 Å². The van der Waals surface area contributed by atoms with Crippen LogP contribution < -0.4 is 5.32 Å². The monoisotopic (exact) mass is 214 g/mol. The summed E-state index contributed by atoms with van der Waals surface area (Å²) in [5, 5.41) is 11.3. The van der Waals surface area contributed by atoms with Gasteiger partial charge in [-0.15, -0.1) is 0 Å². The number of aliphatic carboxylic acids is 1. The highest BCUT2D eigenvalue weighted by Crippen LogP contribution is 2.08. The normalized spacial score (nSPS) is 18.6. The SMILES string of the molecule is C[C@H](NCC(=O)N1CCCCC1)C(=O)O. The lowest BCUT2D eigenvalue weighted by Crippen LogP contribution is -2.45. The molecule has 0 aliphatic carbocycles. The van der Waals surface area contributed by atoms with E-state index in [9.17, 15) is 9.59 Å². The maximum absolute atomic E-state index is 11.6. The lowest BCUT2D eigenvalue weighted by atomic mass is 10.1. The van der Waals surface area contributed by atoms with Crippen molar-refractivity contribution in [2.45, 2.75) is 32.2 Å². The van der Waals surface area contributed by atoms with E-state index in [-0.39, 0.29) is 12.5 Å². The van der Waals surface area contributed by atoms with Crippen LogP contribution in [0.5, 0.6) is 0 Å². The van der Waals surface area contributed by atoms with E-state index in [0.717, 1.165) is 25.9 Å². The first-order chi connectivity index (χ1) is 7.11. The first kappa shape index (κ1) is 12.0. The number of hydrogen-bond acceptors (Lipinski definition) is 3. The molecule has 1 rings (SSSR count). The summed E-state index contributed by atoms with van der Waals surface area (Å²) in [6, 6.07) is -0.668. The fourth-order valence-corrected chi connectivity index (χ4v) is 1.58. The number of nitrogens with zero attached hydrogens (tertiary/aromatic N) is 1. The van der Waals surface area contributed by atoms with Gasteiger partial charge in [0.15, 0.2) is 0 Å². The molecule has 0 radical (unpaired) electrons. The third-order valence-electron chi connectivity index (χ3n) is 2.64. The molecular weight excluding hydrogens is 196 g/mol. The fourth-order valence-electron chi connectivity index (χ4n) is 1.58. The van der Waals surface area contributed by atoms with E-state index >= 15 is 0 Å². The number of carboxylic acid groups (broad SMARTS) is 1. The lowest BCUT2D eigenvalue weighted by molar-refractivity contribution is -0.139. The van der Waals surface area contributed by atoms with Crippen LogP contribution in [0.3, 0.4) is 0 Å². The molecule has 1 amide bonds. The van der Waals surface area contributed by atoms with Crippen molar-refractivity contribution in [1.29, 1.82) is 0 Å². The van der Waals surface area contributed by atoms with Gasteiger partial charge < -0.3 is 10.0 Å². The third kappa shape index (κ3) is 3.87. The molecule has 5 heteroatoms. The van der Waals surface area contributed by atoms with Crippen LogP contribution in [0.4, 0.5) is 0 Å². The first-order valence-corrected chi connectivity index (χ1v) is 5.35. The number of carbonyl (C=O) groups excluding carboxylic acids is 1. The second kappa shape index (κ2) is 5.70. The number of hydrogen-bond donors (Lipinski definition) is 2.